The summed E-state index contributed by atoms with van der Waals surface area (Å²) >= 11 is 0. The maximum absolute atomic E-state index is 13.3. The molecule has 4 rings (SSSR count). The van der Waals surface area contributed by atoms with Crippen molar-refractivity contribution in [2.24, 2.45) is 0 Å². The molecule has 0 atom stereocenters. The molecule has 0 radical (unpaired) electrons. The van der Waals surface area contributed by atoms with Crippen LogP contribution in [0.1, 0.15) is 21.5 Å². The van der Waals surface area contributed by atoms with Gasteiger partial charge in [0.15, 0.2) is 0 Å². The quantitative estimate of drug-likeness (QED) is 0.314. The molecule has 4 aromatic rings. The molecule has 0 unspecified atom stereocenters. The number of aromatic nitrogens is 1. The zero-order valence-electron chi connectivity index (χ0n) is 17.0. The van der Waals surface area contributed by atoms with Gasteiger partial charge in [0.05, 0.1) is 27.9 Å². The van der Waals surface area contributed by atoms with E-state index in [9.17, 15) is 31.1 Å². The van der Waals surface area contributed by atoms with Crippen LogP contribution in [0.4, 0.5) is 32.0 Å². The first-order chi connectivity index (χ1) is 16.0. The Morgan fingerprint density at radius 3 is 2.21 bits per heavy atom. The Kier molecular flexibility index (Phi) is 5.90. The Hall–Kier alpha value is -4.08. The fourth-order valence-electron chi connectivity index (χ4n) is 3.23. The molecule has 1 heterocycles. The molecular formula is C24H14F6N2O2. The number of hydrogen-bond acceptors (Lipinski definition) is 3. The number of rotatable bonds is 4. The lowest BCUT2D eigenvalue weighted by Gasteiger charge is -2.16. The number of ether oxygens (including phenoxy) is 1. The van der Waals surface area contributed by atoms with E-state index in [1.165, 1.54) is 18.3 Å². The molecule has 0 aliphatic heterocycles. The summed E-state index contributed by atoms with van der Waals surface area (Å²) in [5, 5.41) is 3.20. The van der Waals surface area contributed by atoms with Crippen molar-refractivity contribution in [1.29, 1.82) is 0 Å². The number of alkyl halides is 6. The van der Waals surface area contributed by atoms with Gasteiger partial charge in [-0.3, -0.25) is 9.78 Å². The average Bonchev–Trinajstić information content (AvgIpc) is 2.78. The van der Waals surface area contributed by atoms with Gasteiger partial charge in [-0.25, -0.2) is 0 Å². The van der Waals surface area contributed by atoms with Crippen LogP contribution in [0.2, 0.25) is 0 Å². The summed E-state index contributed by atoms with van der Waals surface area (Å²) in [6, 6.07) is 14.3. The molecule has 10 heteroatoms. The maximum Gasteiger partial charge on any atom is 0.416 e. The number of nitrogens with one attached hydrogen (secondary N) is 1. The Labute approximate surface area is 188 Å². The number of amides is 1. The van der Waals surface area contributed by atoms with Crippen LogP contribution in [0.25, 0.3) is 10.9 Å². The Bertz CT molecular complexity index is 1360. The predicted molar refractivity (Wildman–Crippen MR) is 113 cm³/mol. The SMILES string of the molecule is O=C(Nc1cccc2cccnc12)c1cc(C(F)(F)F)ccc1Oc1cccc(C(F)(F)F)c1. The lowest BCUT2D eigenvalue weighted by molar-refractivity contribution is -0.138. The van der Waals surface area contributed by atoms with E-state index in [4.69, 9.17) is 4.74 Å². The number of halogens is 6. The summed E-state index contributed by atoms with van der Waals surface area (Å²) in [7, 11) is 0. The largest absolute Gasteiger partial charge is 0.457 e. The third-order valence-corrected chi connectivity index (χ3v) is 4.82. The summed E-state index contributed by atoms with van der Waals surface area (Å²) in [4.78, 5) is 17.2. The van der Waals surface area contributed by atoms with Crippen molar-refractivity contribution >= 4 is 22.5 Å². The molecule has 1 amide bonds. The number of fused-ring (bicyclic) bond motifs is 1. The molecule has 0 aliphatic carbocycles. The van der Waals surface area contributed by atoms with Gasteiger partial charge in [-0.1, -0.05) is 24.3 Å². The van der Waals surface area contributed by atoms with Crippen LogP contribution in [0, 0.1) is 0 Å². The van der Waals surface area contributed by atoms with E-state index in [-0.39, 0.29) is 17.2 Å². The highest BCUT2D eigenvalue weighted by atomic mass is 19.4. The van der Waals surface area contributed by atoms with Gasteiger partial charge in [0, 0.05) is 11.6 Å². The van der Waals surface area contributed by atoms with Gasteiger partial charge in [0.1, 0.15) is 11.5 Å². The van der Waals surface area contributed by atoms with Crippen molar-refractivity contribution < 1.29 is 35.9 Å². The molecule has 0 fully saturated rings. The number of nitrogens with zero attached hydrogens (tertiary/aromatic N) is 1. The van der Waals surface area contributed by atoms with Crippen LogP contribution in [0.15, 0.2) is 79.0 Å². The van der Waals surface area contributed by atoms with Gasteiger partial charge in [0.2, 0.25) is 0 Å². The van der Waals surface area contributed by atoms with Crippen LogP contribution >= 0.6 is 0 Å². The predicted octanol–water partition coefficient (Wildman–Crippen LogP) is 7.32. The van der Waals surface area contributed by atoms with E-state index in [0.29, 0.717) is 29.1 Å². The van der Waals surface area contributed by atoms with E-state index >= 15 is 0 Å². The summed E-state index contributed by atoms with van der Waals surface area (Å²) in [5.74, 6) is -1.60. The Morgan fingerprint density at radius 1 is 0.794 bits per heavy atom. The molecule has 4 nitrogen and oxygen atoms in total. The van der Waals surface area contributed by atoms with E-state index in [1.54, 1.807) is 24.3 Å². The molecule has 0 bridgehead atoms. The highest BCUT2D eigenvalue weighted by molar-refractivity contribution is 6.09. The first-order valence-electron chi connectivity index (χ1n) is 9.74. The maximum atomic E-state index is 13.3. The topological polar surface area (TPSA) is 51.2 Å². The number of pyridine rings is 1. The van der Waals surface area contributed by atoms with Gasteiger partial charge in [0.25, 0.3) is 5.91 Å². The third kappa shape index (κ3) is 4.95. The second-order valence-corrected chi connectivity index (χ2v) is 7.17. The van der Waals surface area contributed by atoms with Crippen molar-refractivity contribution in [2.45, 2.75) is 12.4 Å². The third-order valence-electron chi connectivity index (χ3n) is 4.82. The lowest BCUT2D eigenvalue weighted by atomic mass is 10.1. The van der Waals surface area contributed by atoms with Crippen molar-refractivity contribution in [3.63, 3.8) is 0 Å². The molecule has 34 heavy (non-hydrogen) atoms. The van der Waals surface area contributed by atoms with Crippen molar-refractivity contribution in [3.05, 3.63) is 95.7 Å². The van der Waals surface area contributed by atoms with Crippen LogP contribution in [0.5, 0.6) is 11.5 Å². The van der Waals surface area contributed by atoms with Gasteiger partial charge in [-0.15, -0.1) is 0 Å². The fraction of sp³-hybridized carbons (Fsp3) is 0.0833. The molecule has 3 aromatic carbocycles. The molecule has 0 aliphatic rings. The minimum atomic E-state index is -4.76. The van der Waals surface area contributed by atoms with Crippen molar-refractivity contribution in [2.75, 3.05) is 5.32 Å². The number of carbonyl (C=O) groups is 1. The molecule has 1 aromatic heterocycles. The van der Waals surface area contributed by atoms with Crippen LogP contribution in [-0.4, -0.2) is 10.9 Å². The first kappa shape index (κ1) is 23.1. The molecule has 1 N–H and O–H groups in total. The second kappa shape index (κ2) is 8.69. The summed E-state index contributed by atoms with van der Waals surface area (Å²) < 4.78 is 84.4. The molecule has 0 spiro atoms. The smallest absolute Gasteiger partial charge is 0.416 e. The second-order valence-electron chi connectivity index (χ2n) is 7.17. The zero-order valence-corrected chi connectivity index (χ0v) is 17.0. The van der Waals surface area contributed by atoms with Crippen molar-refractivity contribution in [3.8, 4) is 11.5 Å². The van der Waals surface area contributed by atoms with Crippen molar-refractivity contribution in [1.82, 2.24) is 4.98 Å². The Morgan fingerprint density at radius 2 is 1.47 bits per heavy atom. The van der Waals surface area contributed by atoms with Crippen LogP contribution < -0.4 is 10.1 Å². The summed E-state index contributed by atoms with van der Waals surface area (Å²) in [6.07, 6.45) is -7.92. The molecule has 0 saturated carbocycles. The minimum Gasteiger partial charge on any atom is -0.457 e. The van der Waals surface area contributed by atoms with Gasteiger partial charge >= 0.3 is 12.4 Å². The van der Waals surface area contributed by atoms with Gasteiger partial charge in [-0.05, 0) is 48.5 Å². The first-order valence-corrected chi connectivity index (χ1v) is 9.74. The normalized spacial score (nSPS) is 11.9. The monoisotopic (exact) mass is 476 g/mol. The summed E-state index contributed by atoms with van der Waals surface area (Å²) in [6.45, 7) is 0. The number of anilines is 1. The Balaban J connectivity index is 1.73. The average molecular weight is 476 g/mol. The summed E-state index contributed by atoms with van der Waals surface area (Å²) in [5.41, 5.74) is -1.99. The minimum absolute atomic E-state index is 0.241. The highest BCUT2D eigenvalue weighted by Crippen LogP contribution is 2.36. The van der Waals surface area contributed by atoms with Crippen LogP contribution in [-0.2, 0) is 12.4 Å². The number of hydrogen-bond donors (Lipinski definition) is 1. The van der Waals surface area contributed by atoms with E-state index < -0.39 is 35.0 Å². The van der Waals surface area contributed by atoms with Crippen LogP contribution in [0.3, 0.4) is 0 Å². The van der Waals surface area contributed by atoms with Gasteiger partial charge < -0.3 is 10.1 Å². The number of carbonyl (C=O) groups excluding carboxylic acids is 1. The zero-order chi connectivity index (χ0) is 24.5. The van der Waals surface area contributed by atoms with E-state index in [2.05, 4.69) is 10.3 Å². The number of para-hydroxylation sites is 1. The number of benzene rings is 3. The highest BCUT2D eigenvalue weighted by Gasteiger charge is 2.33. The lowest BCUT2D eigenvalue weighted by Crippen LogP contribution is -2.15. The fourth-order valence-corrected chi connectivity index (χ4v) is 3.23. The standard InChI is InChI=1S/C24H14F6N2O2/c25-23(26,27)15-6-2-7-17(12-15)34-20-10-9-16(24(28,29)30)13-18(20)22(33)32-19-8-1-4-14-5-3-11-31-21(14)19/h1-13H,(H,32,33). The van der Waals surface area contributed by atoms with E-state index in [0.717, 1.165) is 18.2 Å². The molecule has 174 valence electrons. The van der Waals surface area contributed by atoms with Gasteiger partial charge in [-0.2, -0.15) is 26.3 Å². The molecule has 0 saturated heterocycles. The molecular weight excluding hydrogens is 462 g/mol. The van der Waals surface area contributed by atoms with E-state index in [1.807, 2.05) is 0 Å².